The summed E-state index contributed by atoms with van der Waals surface area (Å²) < 4.78 is 0. The number of aliphatic hydroxyl groups is 1. The molecular formula is C11H16N2O. The second-order valence-corrected chi connectivity index (χ2v) is 4.04. The molecule has 0 heterocycles. The highest BCUT2D eigenvalue weighted by Gasteiger charge is 2.26. The van der Waals surface area contributed by atoms with E-state index < -0.39 is 0 Å². The highest BCUT2D eigenvalue weighted by atomic mass is 16.3. The van der Waals surface area contributed by atoms with Crippen LogP contribution in [0.3, 0.4) is 0 Å². The van der Waals surface area contributed by atoms with Crippen molar-refractivity contribution in [3.8, 4) is 0 Å². The minimum Gasteiger partial charge on any atom is -0.398 e. The lowest BCUT2D eigenvalue weighted by atomic mass is 9.89. The highest BCUT2D eigenvalue weighted by molar-refractivity contribution is 5.58. The highest BCUT2D eigenvalue weighted by Crippen LogP contribution is 2.25. The Morgan fingerprint density at radius 2 is 2.14 bits per heavy atom. The van der Waals surface area contributed by atoms with E-state index in [2.05, 4.69) is 5.32 Å². The monoisotopic (exact) mass is 192 g/mol. The Kier molecular flexibility index (Phi) is 2.33. The Hall–Kier alpha value is -1.22. The molecule has 0 bridgehead atoms. The van der Waals surface area contributed by atoms with Crippen LogP contribution in [0.5, 0.6) is 0 Å². The number of rotatable bonds is 2. The van der Waals surface area contributed by atoms with Gasteiger partial charge in [0, 0.05) is 17.4 Å². The van der Waals surface area contributed by atoms with Crippen LogP contribution in [0.25, 0.3) is 0 Å². The van der Waals surface area contributed by atoms with E-state index in [-0.39, 0.29) is 6.10 Å². The molecule has 1 aliphatic carbocycles. The fourth-order valence-electron chi connectivity index (χ4n) is 1.67. The molecule has 14 heavy (non-hydrogen) atoms. The van der Waals surface area contributed by atoms with E-state index in [1.165, 1.54) is 0 Å². The van der Waals surface area contributed by atoms with Crippen LogP contribution in [0.2, 0.25) is 0 Å². The van der Waals surface area contributed by atoms with E-state index in [0.29, 0.717) is 6.04 Å². The number of anilines is 2. The van der Waals surface area contributed by atoms with Crippen LogP contribution in [-0.4, -0.2) is 17.3 Å². The topological polar surface area (TPSA) is 58.3 Å². The molecule has 1 aromatic carbocycles. The maximum atomic E-state index is 9.13. The molecule has 76 valence electrons. The summed E-state index contributed by atoms with van der Waals surface area (Å²) in [6.07, 6.45) is 1.57. The van der Waals surface area contributed by atoms with Gasteiger partial charge in [0.05, 0.1) is 6.10 Å². The first-order valence-corrected chi connectivity index (χ1v) is 4.96. The van der Waals surface area contributed by atoms with Crippen molar-refractivity contribution in [1.82, 2.24) is 0 Å². The van der Waals surface area contributed by atoms with Gasteiger partial charge in [0.2, 0.25) is 0 Å². The maximum absolute atomic E-state index is 9.13. The average Bonchev–Trinajstić information content (AvgIpc) is 2.09. The third-order valence-electron chi connectivity index (χ3n) is 2.76. The molecule has 0 amide bonds. The second kappa shape index (κ2) is 3.50. The zero-order valence-corrected chi connectivity index (χ0v) is 8.33. The first-order valence-electron chi connectivity index (χ1n) is 4.96. The molecule has 1 fully saturated rings. The zero-order valence-electron chi connectivity index (χ0n) is 8.33. The molecule has 0 radical (unpaired) electrons. The zero-order chi connectivity index (χ0) is 10.1. The average molecular weight is 192 g/mol. The number of hydrogen-bond acceptors (Lipinski definition) is 3. The fourth-order valence-corrected chi connectivity index (χ4v) is 1.67. The number of benzene rings is 1. The first kappa shape index (κ1) is 9.34. The summed E-state index contributed by atoms with van der Waals surface area (Å²) in [6, 6.07) is 6.38. The van der Waals surface area contributed by atoms with Crippen molar-refractivity contribution >= 4 is 11.4 Å². The Morgan fingerprint density at radius 3 is 2.71 bits per heavy atom. The molecular weight excluding hydrogens is 176 g/mol. The summed E-state index contributed by atoms with van der Waals surface area (Å²) in [5, 5.41) is 12.5. The molecule has 2 rings (SSSR count). The van der Waals surface area contributed by atoms with Crippen molar-refractivity contribution in [3.05, 3.63) is 23.8 Å². The van der Waals surface area contributed by atoms with Gasteiger partial charge in [-0.05, 0) is 37.5 Å². The third-order valence-corrected chi connectivity index (χ3v) is 2.76. The van der Waals surface area contributed by atoms with Gasteiger partial charge in [-0.3, -0.25) is 0 Å². The normalized spacial score (nSPS) is 25.6. The first-order chi connectivity index (χ1) is 6.65. The summed E-state index contributed by atoms with van der Waals surface area (Å²) in [7, 11) is 0. The quantitative estimate of drug-likeness (QED) is 0.622. The molecule has 3 nitrogen and oxygen atoms in total. The van der Waals surface area contributed by atoms with Gasteiger partial charge in [0.1, 0.15) is 0 Å². The second-order valence-electron chi connectivity index (χ2n) is 4.04. The van der Waals surface area contributed by atoms with Crippen LogP contribution in [0.1, 0.15) is 18.4 Å². The number of nitrogens with one attached hydrogen (secondary N) is 1. The van der Waals surface area contributed by atoms with E-state index in [9.17, 15) is 0 Å². The van der Waals surface area contributed by atoms with Gasteiger partial charge in [-0.15, -0.1) is 0 Å². The predicted molar refractivity (Wildman–Crippen MR) is 58.2 cm³/mol. The SMILES string of the molecule is Cc1ccc(NC2CC(O)C2)cc1N. The Balaban J connectivity index is 2.00. The fraction of sp³-hybridized carbons (Fsp3) is 0.455. The van der Waals surface area contributed by atoms with Crippen molar-refractivity contribution in [1.29, 1.82) is 0 Å². The Bertz CT molecular complexity index is 332. The molecule has 0 saturated heterocycles. The van der Waals surface area contributed by atoms with Gasteiger partial charge in [-0.25, -0.2) is 0 Å². The summed E-state index contributed by atoms with van der Waals surface area (Å²) in [4.78, 5) is 0. The Morgan fingerprint density at radius 1 is 1.43 bits per heavy atom. The van der Waals surface area contributed by atoms with Gasteiger partial charge in [-0.1, -0.05) is 6.07 Å². The van der Waals surface area contributed by atoms with Gasteiger partial charge in [-0.2, -0.15) is 0 Å². The van der Waals surface area contributed by atoms with Crippen LogP contribution < -0.4 is 11.1 Å². The number of aryl methyl sites for hydroxylation is 1. The molecule has 1 aliphatic rings. The van der Waals surface area contributed by atoms with Gasteiger partial charge in [0.25, 0.3) is 0 Å². The van der Waals surface area contributed by atoms with E-state index in [1.807, 2.05) is 25.1 Å². The van der Waals surface area contributed by atoms with Crippen molar-refractivity contribution in [2.75, 3.05) is 11.1 Å². The van der Waals surface area contributed by atoms with Crippen LogP contribution in [-0.2, 0) is 0 Å². The number of nitrogen functional groups attached to an aromatic ring is 1. The smallest absolute Gasteiger partial charge is 0.0579 e. The number of aliphatic hydroxyl groups excluding tert-OH is 1. The molecule has 0 spiro atoms. The van der Waals surface area contributed by atoms with Crippen LogP contribution in [0.15, 0.2) is 18.2 Å². The minimum atomic E-state index is -0.115. The summed E-state index contributed by atoms with van der Waals surface area (Å²) in [5.74, 6) is 0. The van der Waals surface area contributed by atoms with Crippen molar-refractivity contribution in [2.24, 2.45) is 0 Å². The van der Waals surface area contributed by atoms with Crippen molar-refractivity contribution < 1.29 is 5.11 Å². The largest absolute Gasteiger partial charge is 0.398 e. The van der Waals surface area contributed by atoms with Crippen molar-refractivity contribution in [3.63, 3.8) is 0 Å². The third kappa shape index (κ3) is 1.82. The molecule has 3 heteroatoms. The minimum absolute atomic E-state index is 0.115. The van der Waals surface area contributed by atoms with E-state index in [0.717, 1.165) is 29.8 Å². The Labute approximate surface area is 83.9 Å². The van der Waals surface area contributed by atoms with Crippen LogP contribution in [0.4, 0.5) is 11.4 Å². The maximum Gasteiger partial charge on any atom is 0.0579 e. The molecule has 1 saturated carbocycles. The standard InChI is InChI=1S/C11H16N2O/c1-7-2-3-8(6-11(7)12)13-9-4-10(14)5-9/h2-3,6,9-10,13-14H,4-5,12H2,1H3. The van der Waals surface area contributed by atoms with Crippen LogP contribution in [0, 0.1) is 6.92 Å². The van der Waals surface area contributed by atoms with E-state index >= 15 is 0 Å². The van der Waals surface area contributed by atoms with Gasteiger partial charge in [0.15, 0.2) is 0 Å². The summed E-state index contributed by atoms with van der Waals surface area (Å²) in [6.45, 7) is 1.99. The predicted octanol–water partition coefficient (Wildman–Crippen LogP) is 1.51. The van der Waals surface area contributed by atoms with Crippen LogP contribution >= 0.6 is 0 Å². The van der Waals surface area contributed by atoms with E-state index in [4.69, 9.17) is 10.8 Å². The molecule has 0 aliphatic heterocycles. The molecule has 1 aromatic rings. The summed E-state index contributed by atoms with van der Waals surface area (Å²) in [5.41, 5.74) is 8.76. The lowest BCUT2D eigenvalue weighted by molar-refractivity contribution is 0.0836. The van der Waals surface area contributed by atoms with Gasteiger partial charge >= 0.3 is 0 Å². The molecule has 4 N–H and O–H groups in total. The molecule has 0 atom stereocenters. The molecule has 0 unspecified atom stereocenters. The van der Waals surface area contributed by atoms with E-state index in [1.54, 1.807) is 0 Å². The molecule has 0 aromatic heterocycles. The summed E-state index contributed by atoms with van der Waals surface area (Å²) >= 11 is 0. The van der Waals surface area contributed by atoms with Crippen molar-refractivity contribution in [2.45, 2.75) is 31.9 Å². The van der Waals surface area contributed by atoms with Gasteiger partial charge < -0.3 is 16.2 Å². The number of nitrogens with two attached hydrogens (primary N) is 1. The lowest BCUT2D eigenvalue weighted by Crippen LogP contribution is -2.38. The lowest BCUT2D eigenvalue weighted by Gasteiger charge is -2.32. The number of hydrogen-bond donors (Lipinski definition) is 3.